The summed E-state index contributed by atoms with van der Waals surface area (Å²) < 4.78 is 7.04. The molecule has 0 spiro atoms. The molecular formula is C13H15Br2NO3. The summed E-state index contributed by atoms with van der Waals surface area (Å²) in [6, 6.07) is 3.11. The van der Waals surface area contributed by atoms with Gasteiger partial charge >= 0.3 is 5.97 Å². The molecule has 0 radical (unpaired) electrons. The smallest absolute Gasteiger partial charge is 0.335 e. The number of aromatic carboxylic acids is 1. The van der Waals surface area contributed by atoms with Gasteiger partial charge in [-0.05, 0) is 69.9 Å². The van der Waals surface area contributed by atoms with Gasteiger partial charge in [-0.2, -0.15) is 0 Å². The van der Waals surface area contributed by atoms with Crippen LogP contribution in [0.1, 0.15) is 23.2 Å². The highest BCUT2D eigenvalue weighted by Crippen LogP contribution is 2.34. The summed E-state index contributed by atoms with van der Waals surface area (Å²) in [7, 11) is 0. The molecule has 1 aromatic rings. The average molecular weight is 393 g/mol. The van der Waals surface area contributed by atoms with Gasteiger partial charge in [0.1, 0.15) is 12.4 Å². The second kappa shape index (κ2) is 6.72. The van der Waals surface area contributed by atoms with Gasteiger partial charge in [0, 0.05) is 6.54 Å². The number of halogens is 2. The molecule has 0 atom stereocenters. The van der Waals surface area contributed by atoms with Gasteiger partial charge in [-0.15, -0.1) is 0 Å². The summed E-state index contributed by atoms with van der Waals surface area (Å²) in [6.45, 7) is 3.79. The van der Waals surface area contributed by atoms with Gasteiger partial charge in [0.15, 0.2) is 0 Å². The van der Waals surface area contributed by atoms with E-state index in [1.54, 1.807) is 12.1 Å². The van der Waals surface area contributed by atoms with Crippen molar-refractivity contribution in [3.05, 3.63) is 26.6 Å². The Morgan fingerprint density at radius 3 is 2.37 bits per heavy atom. The summed E-state index contributed by atoms with van der Waals surface area (Å²) in [6.07, 6.45) is 2.53. The topological polar surface area (TPSA) is 49.8 Å². The Labute approximate surface area is 129 Å². The maximum absolute atomic E-state index is 10.9. The number of hydrogen-bond donors (Lipinski definition) is 1. The van der Waals surface area contributed by atoms with Crippen LogP contribution in [-0.4, -0.2) is 42.2 Å². The number of carbonyl (C=O) groups is 1. The van der Waals surface area contributed by atoms with E-state index in [9.17, 15) is 4.79 Å². The lowest BCUT2D eigenvalue weighted by atomic mass is 10.2. The predicted molar refractivity (Wildman–Crippen MR) is 80.0 cm³/mol. The Morgan fingerprint density at radius 1 is 1.26 bits per heavy atom. The van der Waals surface area contributed by atoms with Crippen molar-refractivity contribution in [1.82, 2.24) is 4.90 Å². The number of carboxylic acids is 1. The van der Waals surface area contributed by atoms with Crippen LogP contribution in [0, 0.1) is 0 Å². The molecule has 1 fully saturated rings. The molecule has 19 heavy (non-hydrogen) atoms. The highest BCUT2D eigenvalue weighted by molar-refractivity contribution is 9.11. The monoisotopic (exact) mass is 391 g/mol. The Bertz CT molecular complexity index is 450. The van der Waals surface area contributed by atoms with E-state index < -0.39 is 5.97 Å². The van der Waals surface area contributed by atoms with Gasteiger partial charge in [0.2, 0.25) is 0 Å². The lowest BCUT2D eigenvalue weighted by Crippen LogP contribution is -2.25. The fraction of sp³-hybridized carbons (Fsp3) is 0.462. The third kappa shape index (κ3) is 3.94. The van der Waals surface area contributed by atoms with Gasteiger partial charge in [-0.1, -0.05) is 0 Å². The number of nitrogens with zero attached hydrogens (tertiary/aromatic N) is 1. The number of rotatable bonds is 5. The molecule has 1 heterocycles. The van der Waals surface area contributed by atoms with Gasteiger partial charge in [0.05, 0.1) is 14.5 Å². The lowest BCUT2D eigenvalue weighted by Gasteiger charge is -2.16. The number of hydrogen-bond acceptors (Lipinski definition) is 3. The van der Waals surface area contributed by atoms with Crippen molar-refractivity contribution in [1.29, 1.82) is 0 Å². The number of benzene rings is 1. The largest absolute Gasteiger partial charge is 0.490 e. The summed E-state index contributed by atoms with van der Waals surface area (Å²) in [5.41, 5.74) is 0.227. The highest BCUT2D eigenvalue weighted by Gasteiger charge is 2.14. The van der Waals surface area contributed by atoms with Crippen LogP contribution in [0.4, 0.5) is 0 Å². The van der Waals surface area contributed by atoms with Crippen LogP contribution >= 0.6 is 31.9 Å². The van der Waals surface area contributed by atoms with Crippen molar-refractivity contribution < 1.29 is 14.6 Å². The Morgan fingerprint density at radius 2 is 1.84 bits per heavy atom. The fourth-order valence-corrected chi connectivity index (χ4v) is 3.52. The van der Waals surface area contributed by atoms with Crippen LogP contribution in [0.2, 0.25) is 0 Å². The first-order chi connectivity index (χ1) is 9.08. The van der Waals surface area contributed by atoms with Crippen LogP contribution in [0.15, 0.2) is 21.1 Å². The maximum Gasteiger partial charge on any atom is 0.335 e. The van der Waals surface area contributed by atoms with Crippen molar-refractivity contribution in [2.45, 2.75) is 12.8 Å². The van der Waals surface area contributed by atoms with E-state index >= 15 is 0 Å². The molecule has 104 valence electrons. The first-order valence-corrected chi connectivity index (χ1v) is 7.74. The van der Waals surface area contributed by atoms with Crippen molar-refractivity contribution in [3.63, 3.8) is 0 Å². The van der Waals surface area contributed by atoms with E-state index in [1.807, 2.05) is 0 Å². The highest BCUT2D eigenvalue weighted by atomic mass is 79.9. The molecule has 0 saturated carbocycles. The fourth-order valence-electron chi connectivity index (χ4n) is 2.10. The molecule has 1 aromatic carbocycles. The molecule has 0 amide bonds. The Kier molecular flexibility index (Phi) is 5.24. The second-order valence-electron chi connectivity index (χ2n) is 4.47. The van der Waals surface area contributed by atoms with Gasteiger partial charge in [-0.25, -0.2) is 4.79 Å². The zero-order valence-electron chi connectivity index (χ0n) is 10.4. The van der Waals surface area contributed by atoms with Crippen molar-refractivity contribution in [2.75, 3.05) is 26.2 Å². The average Bonchev–Trinajstić information content (AvgIpc) is 2.85. The van der Waals surface area contributed by atoms with Gasteiger partial charge < -0.3 is 9.84 Å². The summed E-state index contributed by atoms with van der Waals surface area (Å²) in [4.78, 5) is 13.3. The summed E-state index contributed by atoms with van der Waals surface area (Å²) in [5.74, 6) is -0.297. The molecule has 1 aliphatic heterocycles. The molecule has 1 saturated heterocycles. The van der Waals surface area contributed by atoms with Crippen LogP contribution in [0.5, 0.6) is 5.75 Å². The molecule has 6 heteroatoms. The van der Waals surface area contributed by atoms with E-state index in [-0.39, 0.29) is 5.56 Å². The van der Waals surface area contributed by atoms with E-state index in [1.165, 1.54) is 12.8 Å². The lowest BCUT2D eigenvalue weighted by molar-refractivity contribution is 0.0696. The minimum Gasteiger partial charge on any atom is -0.490 e. The SMILES string of the molecule is O=C(O)c1cc(Br)c(OCCN2CCCC2)c(Br)c1. The molecule has 0 bridgehead atoms. The predicted octanol–water partition coefficient (Wildman–Crippen LogP) is 3.38. The Hall–Kier alpha value is -0.590. The maximum atomic E-state index is 10.9. The van der Waals surface area contributed by atoms with Crippen molar-refractivity contribution in [2.24, 2.45) is 0 Å². The first-order valence-electron chi connectivity index (χ1n) is 6.15. The van der Waals surface area contributed by atoms with E-state index in [0.717, 1.165) is 19.6 Å². The molecule has 1 N–H and O–H groups in total. The molecule has 0 unspecified atom stereocenters. The Balaban J connectivity index is 1.97. The second-order valence-corrected chi connectivity index (χ2v) is 6.18. The standard InChI is InChI=1S/C13H15Br2NO3/c14-10-7-9(13(17)18)8-11(15)12(10)19-6-5-16-3-1-2-4-16/h7-8H,1-6H2,(H,17,18). The van der Waals surface area contributed by atoms with Crippen molar-refractivity contribution >= 4 is 37.8 Å². The zero-order chi connectivity index (χ0) is 13.8. The van der Waals surface area contributed by atoms with E-state index in [2.05, 4.69) is 36.8 Å². The minimum atomic E-state index is -0.954. The summed E-state index contributed by atoms with van der Waals surface area (Å²) >= 11 is 6.70. The third-order valence-electron chi connectivity index (χ3n) is 3.10. The zero-order valence-corrected chi connectivity index (χ0v) is 13.5. The van der Waals surface area contributed by atoms with Crippen LogP contribution < -0.4 is 4.74 Å². The van der Waals surface area contributed by atoms with E-state index in [0.29, 0.717) is 21.3 Å². The van der Waals surface area contributed by atoms with Crippen LogP contribution in [0.3, 0.4) is 0 Å². The number of ether oxygens (including phenoxy) is 1. The van der Waals surface area contributed by atoms with Crippen molar-refractivity contribution in [3.8, 4) is 5.75 Å². The van der Waals surface area contributed by atoms with Gasteiger partial charge in [0.25, 0.3) is 0 Å². The minimum absolute atomic E-state index is 0.227. The normalized spacial score (nSPS) is 15.7. The molecule has 2 rings (SSSR count). The van der Waals surface area contributed by atoms with Crippen LogP contribution in [-0.2, 0) is 0 Å². The first kappa shape index (κ1) is 14.8. The quantitative estimate of drug-likeness (QED) is 0.834. The van der Waals surface area contributed by atoms with Gasteiger partial charge in [-0.3, -0.25) is 4.90 Å². The molecule has 0 aliphatic carbocycles. The molecule has 0 aromatic heterocycles. The van der Waals surface area contributed by atoms with E-state index in [4.69, 9.17) is 9.84 Å². The third-order valence-corrected chi connectivity index (χ3v) is 4.28. The van der Waals surface area contributed by atoms with Crippen LogP contribution in [0.25, 0.3) is 0 Å². The molecule has 1 aliphatic rings. The number of likely N-dealkylation sites (tertiary alicyclic amines) is 1. The molecular weight excluding hydrogens is 378 g/mol. The summed E-state index contributed by atoms with van der Waals surface area (Å²) in [5, 5.41) is 8.96. The molecule has 4 nitrogen and oxygen atoms in total. The number of carboxylic acid groups (broad SMARTS) is 1.